The topological polar surface area (TPSA) is 130 Å². The number of amides is 1. The van der Waals surface area contributed by atoms with Crippen LogP contribution >= 0.6 is 0 Å². The lowest BCUT2D eigenvalue weighted by Gasteiger charge is -2.31. The Labute approximate surface area is 218 Å². The predicted molar refractivity (Wildman–Crippen MR) is 136 cm³/mol. The van der Waals surface area contributed by atoms with Crippen LogP contribution in [0.1, 0.15) is 51.8 Å². The molecule has 0 bridgehead atoms. The predicted octanol–water partition coefficient (Wildman–Crippen LogP) is 3.87. The Morgan fingerprint density at radius 3 is 2.35 bits per heavy atom. The first kappa shape index (κ1) is 28.6. The van der Waals surface area contributed by atoms with Gasteiger partial charge in [-0.2, -0.15) is 0 Å². The molecule has 1 aliphatic rings. The Morgan fingerprint density at radius 1 is 1.05 bits per heavy atom. The number of likely N-dealkylation sites (tertiary alicyclic amines) is 1. The highest BCUT2D eigenvalue weighted by molar-refractivity contribution is 7.91. The molecule has 0 atom stereocenters. The number of aromatic nitrogens is 3. The molecule has 2 aromatic rings. The number of hydrogen-bond donors (Lipinski definition) is 0. The minimum Gasteiger partial charge on any atom is -0.474 e. The smallest absolute Gasteiger partial charge is 0.410 e. The fraction of sp³-hybridized carbons (Fsp3) is 0.600. The van der Waals surface area contributed by atoms with Crippen molar-refractivity contribution in [2.45, 2.75) is 77.7 Å². The van der Waals surface area contributed by atoms with E-state index in [0.29, 0.717) is 48.8 Å². The van der Waals surface area contributed by atoms with Crippen molar-refractivity contribution in [2.24, 2.45) is 0 Å². The van der Waals surface area contributed by atoms with Gasteiger partial charge >= 0.3 is 6.09 Å². The average molecular weight is 537 g/mol. The van der Waals surface area contributed by atoms with Crippen LogP contribution in [0.2, 0.25) is 0 Å². The van der Waals surface area contributed by atoms with Gasteiger partial charge in [0, 0.05) is 25.9 Å². The normalized spacial score (nSPS) is 14.8. The molecule has 0 aromatic carbocycles. The van der Waals surface area contributed by atoms with E-state index in [1.807, 2.05) is 27.7 Å². The maximum Gasteiger partial charge on any atom is 0.410 e. The van der Waals surface area contributed by atoms with Crippen LogP contribution in [0, 0.1) is 13.8 Å². The van der Waals surface area contributed by atoms with Crippen LogP contribution < -0.4 is 9.47 Å². The quantitative estimate of drug-likeness (QED) is 0.441. The van der Waals surface area contributed by atoms with Gasteiger partial charge < -0.3 is 23.8 Å². The summed E-state index contributed by atoms with van der Waals surface area (Å²) in [4.78, 5) is 26.5. The molecule has 3 rings (SSSR count). The van der Waals surface area contributed by atoms with Gasteiger partial charge in [0.15, 0.2) is 20.6 Å². The summed E-state index contributed by atoms with van der Waals surface area (Å²) in [5.74, 6) is 0.903. The van der Waals surface area contributed by atoms with E-state index in [1.165, 1.54) is 12.4 Å². The lowest BCUT2D eigenvalue weighted by molar-refractivity contribution is 0.0505. The zero-order chi connectivity index (χ0) is 27.2. The van der Waals surface area contributed by atoms with Gasteiger partial charge in [-0.25, -0.2) is 28.2 Å². The largest absolute Gasteiger partial charge is 0.474 e. The lowest BCUT2D eigenvalue weighted by atomic mass is 10.1. The summed E-state index contributed by atoms with van der Waals surface area (Å²) in [7, 11) is -3.58. The Balaban J connectivity index is 1.63. The summed E-state index contributed by atoms with van der Waals surface area (Å²) in [5.41, 5.74) is 1.01. The molecule has 0 radical (unpaired) electrons. The van der Waals surface area contributed by atoms with E-state index >= 15 is 0 Å². The number of hydrogen-bond acceptors (Lipinski definition) is 10. The molecule has 12 heteroatoms. The fourth-order valence-corrected chi connectivity index (χ4v) is 4.72. The van der Waals surface area contributed by atoms with E-state index in [1.54, 1.807) is 24.8 Å². The van der Waals surface area contributed by atoms with E-state index in [9.17, 15) is 13.2 Å². The Bertz CT molecular complexity index is 1180. The monoisotopic (exact) mass is 536 g/mol. The molecule has 0 aliphatic carbocycles. The maximum absolute atomic E-state index is 12.6. The third-order valence-electron chi connectivity index (χ3n) is 5.65. The highest BCUT2D eigenvalue weighted by Crippen LogP contribution is 2.30. The molecule has 0 saturated carbocycles. The van der Waals surface area contributed by atoms with Gasteiger partial charge in [-0.05, 0) is 53.7 Å². The van der Waals surface area contributed by atoms with E-state index in [-0.39, 0.29) is 47.7 Å². The Morgan fingerprint density at radius 2 is 1.73 bits per heavy atom. The minimum absolute atomic E-state index is 0.0308. The zero-order valence-corrected chi connectivity index (χ0v) is 23.1. The van der Waals surface area contributed by atoms with Crippen LogP contribution in [0.15, 0.2) is 23.5 Å². The molecule has 0 spiro atoms. The van der Waals surface area contributed by atoms with Gasteiger partial charge in [0.1, 0.15) is 12.4 Å². The number of piperidine rings is 1. The Kier molecular flexibility index (Phi) is 9.66. The molecule has 1 amide bonds. The van der Waals surface area contributed by atoms with Crippen molar-refractivity contribution >= 4 is 15.9 Å². The summed E-state index contributed by atoms with van der Waals surface area (Å²) in [6.45, 7) is 12.0. The molecule has 204 valence electrons. The highest BCUT2D eigenvalue weighted by atomic mass is 32.2. The number of sulfone groups is 1. The molecule has 0 unspecified atom stereocenters. The molecule has 2 aromatic heterocycles. The number of rotatable bonds is 10. The van der Waals surface area contributed by atoms with Gasteiger partial charge in [0.2, 0.25) is 11.8 Å². The number of pyridine rings is 1. The minimum atomic E-state index is -3.58. The molecule has 1 aliphatic heterocycles. The molecule has 11 nitrogen and oxygen atoms in total. The van der Waals surface area contributed by atoms with E-state index in [2.05, 4.69) is 15.0 Å². The van der Waals surface area contributed by atoms with Crippen LogP contribution in [0.3, 0.4) is 0 Å². The Hall–Kier alpha value is -2.99. The van der Waals surface area contributed by atoms with Gasteiger partial charge in [0.05, 0.1) is 35.8 Å². The number of nitrogens with zero attached hydrogens (tertiary/aromatic N) is 4. The van der Waals surface area contributed by atoms with Gasteiger partial charge in [-0.1, -0.05) is 0 Å². The van der Waals surface area contributed by atoms with Crippen molar-refractivity contribution in [2.75, 3.05) is 25.4 Å². The van der Waals surface area contributed by atoms with Crippen molar-refractivity contribution in [1.29, 1.82) is 0 Å². The third-order valence-corrected chi connectivity index (χ3v) is 7.22. The first-order valence-corrected chi connectivity index (χ1v) is 14.0. The van der Waals surface area contributed by atoms with E-state index < -0.39 is 9.84 Å². The van der Waals surface area contributed by atoms with Crippen molar-refractivity contribution in [1.82, 2.24) is 19.9 Å². The number of aryl methyl sites for hydroxylation is 1. The van der Waals surface area contributed by atoms with Gasteiger partial charge in [-0.15, -0.1) is 0 Å². The fourth-order valence-electron chi connectivity index (χ4n) is 3.64. The second kappa shape index (κ2) is 12.5. The first-order chi connectivity index (χ1) is 17.5. The molecular weight excluding hydrogens is 500 g/mol. The third kappa shape index (κ3) is 8.00. The van der Waals surface area contributed by atoms with E-state index in [0.717, 1.165) is 0 Å². The van der Waals surface area contributed by atoms with Gasteiger partial charge in [-0.3, -0.25) is 0 Å². The van der Waals surface area contributed by atoms with E-state index in [4.69, 9.17) is 18.9 Å². The number of carbonyl (C=O) groups excluding carboxylic acids is 1. The molecule has 1 saturated heterocycles. The van der Waals surface area contributed by atoms with Crippen molar-refractivity contribution < 1.29 is 32.2 Å². The van der Waals surface area contributed by atoms with Gasteiger partial charge in [0.25, 0.3) is 0 Å². The maximum atomic E-state index is 12.6. The molecule has 37 heavy (non-hydrogen) atoms. The summed E-state index contributed by atoms with van der Waals surface area (Å²) in [6.07, 6.45) is 2.01. The van der Waals surface area contributed by atoms with Crippen molar-refractivity contribution in [3.63, 3.8) is 0 Å². The number of ether oxygens (including phenoxy) is 4. The summed E-state index contributed by atoms with van der Waals surface area (Å²) >= 11 is 0. The lowest BCUT2D eigenvalue weighted by Crippen LogP contribution is -2.42. The second-order valence-electron chi connectivity index (χ2n) is 9.42. The molecule has 1 fully saturated rings. The van der Waals surface area contributed by atoms with Crippen LogP contribution in [-0.2, 0) is 19.3 Å². The SMILES string of the molecule is Cc1nc(S(=O)(=O)CCOC(C)C)ccc1Oc1ncnc(OC2CCN(C(=O)OC(C)C)CC2)c1C. The standard InChI is InChI=1S/C25H36N4O7S/c1-16(2)33-13-14-37(31,32)22-8-7-21(19(6)28-22)36-24-18(5)23(26-15-27-24)35-20-9-11-29(12-10-20)25(30)34-17(3)4/h7-8,15-17,20H,9-14H2,1-6H3. The first-order valence-electron chi connectivity index (χ1n) is 12.4. The van der Waals surface area contributed by atoms with Crippen LogP contribution in [0.25, 0.3) is 0 Å². The molecular formula is C25H36N4O7S. The summed E-state index contributed by atoms with van der Waals surface area (Å²) in [6, 6.07) is 2.98. The van der Waals surface area contributed by atoms with Crippen molar-refractivity contribution in [3.8, 4) is 17.5 Å². The summed E-state index contributed by atoms with van der Waals surface area (Å²) in [5, 5.41) is -0.0308. The highest BCUT2D eigenvalue weighted by Gasteiger charge is 2.27. The molecule has 3 heterocycles. The van der Waals surface area contributed by atoms with Crippen LogP contribution in [0.4, 0.5) is 4.79 Å². The summed E-state index contributed by atoms with van der Waals surface area (Å²) < 4.78 is 47.8. The van der Waals surface area contributed by atoms with Crippen LogP contribution in [-0.4, -0.2) is 78.1 Å². The van der Waals surface area contributed by atoms with Crippen LogP contribution in [0.5, 0.6) is 17.5 Å². The number of carbonyl (C=O) groups is 1. The molecule has 0 N–H and O–H groups in total. The second-order valence-corrected chi connectivity index (χ2v) is 11.5. The average Bonchev–Trinajstić information content (AvgIpc) is 2.82. The van der Waals surface area contributed by atoms with Crippen molar-refractivity contribution in [3.05, 3.63) is 29.7 Å². The zero-order valence-electron chi connectivity index (χ0n) is 22.3.